The lowest BCUT2D eigenvalue weighted by atomic mass is 10.1. The number of aromatic nitrogens is 3. The molecule has 26 heavy (non-hydrogen) atoms. The van der Waals surface area contributed by atoms with Crippen LogP contribution in [0.1, 0.15) is 24.1 Å². The first-order chi connectivity index (χ1) is 12.6. The second kappa shape index (κ2) is 8.49. The predicted octanol–water partition coefficient (Wildman–Crippen LogP) is 4.32. The summed E-state index contributed by atoms with van der Waals surface area (Å²) in [5.41, 5.74) is 2.18. The third-order valence-electron chi connectivity index (χ3n) is 3.84. The van der Waals surface area contributed by atoms with Gasteiger partial charge in [-0.1, -0.05) is 42.5 Å². The Morgan fingerprint density at radius 3 is 2.54 bits per heavy atom. The van der Waals surface area contributed by atoms with Crippen LogP contribution in [-0.2, 0) is 6.54 Å². The highest BCUT2D eigenvalue weighted by Crippen LogP contribution is 2.22. The van der Waals surface area contributed by atoms with Gasteiger partial charge in [0.15, 0.2) is 0 Å². The molecule has 0 bridgehead atoms. The molecule has 0 amide bonds. The van der Waals surface area contributed by atoms with Crippen molar-refractivity contribution < 1.29 is 4.74 Å². The fourth-order valence-corrected chi connectivity index (χ4v) is 2.62. The Morgan fingerprint density at radius 1 is 1.00 bits per heavy atom. The average Bonchev–Trinajstić information content (AvgIpc) is 2.67. The standard InChI is InChI=1S/C19H20ClN5O/c1-13(15-9-6-10-16(11-15)26-2)22-19-24-17(20)23-18(25-19)21-12-14-7-4-3-5-8-14/h3-11,13H,12H2,1-2H3,(H2,21,22,23,24,25). The summed E-state index contributed by atoms with van der Waals surface area (Å²) in [6.45, 7) is 2.62. The summed E-state index contributed by atoms with van der Waals surface area (Å²) in [5.74, 6) is 1.64. The summed E-state index contributed by atoms with van der Waals surface area (Å²) in [4.78, 5) is 12.7. The van der Waals surface area contributed by atoms with E-state index in [1.807, 2.05) is 61.5 Å². The number of rotatable bonds is 7. The number of nitrogens with zero attached hydrogens (tertiary/aromatic N) is 3. The second-order valence-corrected chi connectivity index (χ2v) is 6.07. The molecule has 3 rings (SSSR count). The van der Waals surface area contributed by atoms with Crippen molar-refractivity contribution in [3.63, 3.8) is 0 Å². The lowest BCUT2D eigenvalue weighted by Crippen LogP contribution is -2.12. The fourth-order valence-electron chi connectivity index (χ4n) is 2.46. The molecule has 1 heterocycles. The molecule has 0 fully saturated rings. The monoisotopic (exact) mass is 369 g/mol. The van der Waals surface area contributed by atoms with Crippen molar-refractivity contribution >= 4 is 23.5 Å². The van der Waals surface area contributed by atoms with E-state index in [0.717, 1.165) is 16.9 Å². The third-order valence-corrected chi connectivity index (χ3v) is 4.01. The number of hydrogen-bond acceptors (Lipinski definition) is 6. The van der Waals surface area contributed by atoms with Gasteiger partial charge in [-0.3, -0.25) is 0 Å². The lowest BCUT2D eigenvalue weighted by molar-refractivity contribution is 0.414. The number of nitrogens with one attached hydrogen (secondary N) is 2. The van der Waals surface area contributed by atoms with Gasteiger partial charge in [0.25, 0.3) is 0 Å². The van der Waals surface area contributed by atoms with Gasteiger partial charge in [0.2, 0.25) is 17.2 Å². The molecule has 2 aromatic carbocycles. The quantitative estimate of drug-likeness (QED) is 0.646. The molecular formula is C19H20ClN5O. The van der Waals surface area contributed by atoms with E-state index in [2.05, 4.69) is 25.6 Å². The van der Waals surface area contributed by atoms with Crippen LogP contribution in [0.4, 0.5) is 11.9 Å². The van der Waals surface area contributed by atoms with Gasteiger partial charge in [-0.15, -0.1) is 0 Å². The van der Waals surface area contributed by atoms with Gasteiger partial charge in [-0.25, -0.2) is 0 Å². The minimum Gasteiger partial charge on any atom is -0.497 e. The molecule has 3 aromatic rings. The number of anilines is 2. The summed E-state index contributed by atoms with van der Waals surface area (Å²) in [6, 6.07) is 17.8. The summed E-state index contributed by atoms with van der Waals surface area (Å²) >= 11 is 6.05. The Labute approximate surface area is 157 Å². The van der Waals surface area contributed by atoms with Crippen molar-refractivity contribution in [1.82, 2.24) is 15.0 Å². The van der Waals surface area contributed by atoms with Crippen molar-refractivity contribution in [2.24, 2.45) is 0 Å². The first-order valence-corrected chi connectivity index (χ1v) is 8.61. The van der Waals surface area contributed by atoms with Crippen molar-refractivity contribution in [3.8, 4) is 5.75 Å². The van der Waals surface area contributed by atoms with Gasteiger partial charge in [0.1, 0.15) is 5.75 Å². The molecule has 134 valence electrons. The highest BCUT2D eigenvalue weighted by Gasteiger charge is 2.11. The summed E-state index contributed by atoms with van der Waals surface area (Å²) in [5, 5.41) is 6.55. The smallest absolute Gasteiger partial charge is 0.229 e. The number of methoxy groups -OCH3 is 1. The number of halogens is 1. The minimum absolute atomic E-state index is 0.0226. The lowest BCUT2D eigenvalue weighted by Gasteiger charge is -2.15. The molecule has 0 aliphatic rings. The van der Waals surface area contributed by atoms with E-state index in [0.29, 0.717) is 18.4 Å². The van der Waals surface area contributed by atoms with Crippen LogP contribution < -0.4 is 15.4 Å². The van der Waals surface area contributed by atoms with Crippen molar-refractivity contribution in [3.05, 3.63) is 71.0 Å². The van der Waals surface area contributed by atoms with E-state index in [-0.39, 0.29) is 11.3 Å². The van der Waals surface area contributed by atoms with Crippen LogP contribution in [0.5, 0.6) is 5.75 Å². The van der Waals surface area contributed by atoms with E-state index in [4.69, 9.17) is 16.3 Å². The second-order valence-electron chi connectivity index (χ2n) is 5.73. The number of hydrogen-bond donors (Lipinski definition) is 2. The van der Waals surface area contributed by atoms with Crippen LogP contribution in [0.3, 0.4) is 0 Å². The minimum atomic E-state index is -0.0226. The maximum absolute atomic E-state index is 6.05. The fraction of sp³-hybridized carbons (Fsp3) is 0.211. The van der Waals surface area contributed by atoms with Crippen LogP contribution in [0.2, 0.25) is 5.28 Å². The van der Waals surface area contributed by atoms with Gasteiger partial charge in [0.05, 0.1) is 13.2 Å². The number of ether oxygens (including phenoxy) is 1. The zero-order valence-corrected chi connectivity index (χ0v) is 15.4. The molecule has 0 aliphatic carbocycles. The zero-order chi connectivity index (χ0) is 18.4. The van der Waals surface area contributed by atoms with E-state index in [1.165, 1.54) is 0 Å². The summed E-state index contributed by atoms with van der Waals surface area (Å²) < 4.78 is 5.27. The number of benzene rings is 2. The highest BCUT2D eigenvalue weighted by atomic mass is 35.5. The molecule has 0 saturated carbocycles. The van der Waals surface area contributed by atoms with Gasteiger partial charge >= 0.3 is 0 Å². The molecule has 0 spiro atoms. The van der Waals surface area contributed by atoms with Crippen LogP contribution in [0, 0.1) is 0 Å². The van der Waals surface area contributed by atoms with E-state index in [9.17, 15) is 0 Å². The zero-order valence-electron chi connectivity index (χ0n) is 14.6. The Bertz CT molecular complexity index is 860. The largest absolute Gasteiger partial charge is 0.497 e. The van der Waals surface area contributed by atoms with Crippen LogP contribution in [-0.4, -0.2) is 22.1 Å². The molecule has 1 aromatic heterocycles. The van der Waals surface area contributed by atoms with Crippen LogP contribution in [0.15, 0.2) is 54.6 Å². The van der Waals surface area contributed by atoms with Crippen LogP contribution >= 0.6 is 11.6 Å². The molecule has 7 heteroatoms. The van der Waals surface area contributed by atoms with Crippen molar-refractivity contribution in [2.45, 2.75) is 19.5 Å². The predicted molar refractivity (Wildman–Crippen MR) is 104 cm³/mol. The SMILES string of the molecule is COc1cccc(C(C)Nc2nc(Cl)nc(NCc3ccccc3)n2)c1. The Balaban J connectivity index is 1.70. The maximum atomic E-state index is 6.05. The van der Waals surface area contributed by atoms with Gasteiger partial charge in [0, 0.05) is 6.54 Å². The summed E-state index contributed by atoms with van der Waals surface area (Å²) in [6.07, 6.45) is 0. The van der Waals surface area contributed by atoms with Crippen molar-refractivity contribution in [1.29, 1.82) is 0 Å². The molecular weight excluding hydrogens is 350 g/mol. The molecule has 0 aliphatic heterocycles. The Hall–Kier alpha value is -2.86. The third kappa shape index (κ3) is 4.83. The van der Waals surface area contributed by atoms with Crippen molar-refractivity contribution in [2.75, 3.05) is 17.7 Å². The van der Waals surface area contributed by atoms with Crippen LogP contribution in [0.25, 0.3) is 0 Å². The van der Waals surface area contributed by atoms with Gasteiger partial charge < -0.3 is 15.4 Å². The van der Waals surface area contributed by atoms with Gasteiger partial charge in [-0.05, 0) is 41.8 Å². The van der Waals surface area contributed by atoms with E-state index in [1.54, 1.807) is 7.11 Å². The maximum Gasteiger partial charge on any atom is 0.229 e. The molecule has 6 nitrogen and oxygen atoms in total. The molecule has 2 N–H and O–H groups in total. The summed E-state index contributed by atoms with van der Waals surface area (Å²) in [7, 11) is 1.65. The Kier molecular flexibility index (Phi) is 5.86. The van der Waals surface area contributed by atoms with E-state index < -0.39 is 0 Å². The molecule has 1 atom stereocenters. The first kappa shape index (κ1) is 17.9. The topological polar surface area (TPSA) is 72.0 Å². The molecule has 1 unspecified atom stereocenters. The normalized spacial score (nSPS) is 11.7. The molecule has 0 radical (unpaired) electrons. The highest BCUT2D eigenvalue weighted by molar-refractivity contribution is 6.28. The van der Waals surface area contributed by atoms with Gasteiger partial charge in [-0.2, -0.15) is 15.0 Å². The first-order valence-electron chi connectivity index (χ1n) is 8.24. The Morgan fingerprint density at radius 2 is 1.77 bits per heavy atom. The average molecular weight is 370 g/mol. The van der Waals surface area contributed by atoms with E-state index >= 15 is 0 Å². The molecule has 0 saturated heterocycles.